The number of pyridine rings is 1. The van der Waals surface area contributed by atoms with Gasteiger partial charge in [0.15, 0.2) is 0 Å². The van der Waals surface area contributed by atoms with Crippen LogP contribution in [0.2, 0.25) is 5.15 Å². The molecule has 2 N–H and O–H groups in total. The van der Waals surface area contributed by atoms with Gasteiger partial charge >= 0.3 is 5.97 Å². The summed E-state index contributed by atoms with van der Waals surface area (Å²) >= 11 is 5.91. The Labute approximate surface area is 122 Å². The highest BCUT2D eigenvalue weighted by Gasteiger charge is 2.24. The largest absolute Gasteiger partial charge is 0.465 e. The minimum Gasteiger partial charge on any atom is -0.465 e. The van der Waals surface area contributed by atoms with E-state index in [1.807, 2.05) is 0 Å². The molecule has 0 aliphatic carbocycles. The van der Waals surface area contributed by atoms with Crippen LogP contribution in [0.15, 0.2) is 12.3 Å². The van der Waals surface area contributed by atoms with Gasteiger partial charge in [-0.2, -0.15) is 0 Å². The average molecular weight is 300 g/mol. The van der Waals surface area contributed by atoms with Crippen molar-refractivity contribution in [1.29, 1.82) is 0 Å². The van der Waals surface area contributed by atoms with Crippen molar-refractivity contribution in [2.75, 3.05) is 18.9 Å². The molecule has 0 fully saturated rings. The Bertz CT molecular complexity index is 506. The number of hydrogen-bond donors (Lipinski definition) is 1. The molecular weight excluding hydrogens is 282 g/mol. The van der Waals surface area contributed by atoms with Crippen molar-refractivity contribution in [2.24, 2.45) is 0 Å². The maximum Gasteiger partial charge on any atom is 0.325 e. The number of carbonyl (C=O) groups is 2. The molecule has 0 aliphatic rings. The number of rotatable bonds is 5. The molecule has 0 aromatic carbocycles. The summed E-state index contributed by atoms with van der Waals surface area (Å²) in [6.45, 7) is 5.42. The van der Waals surface area contributed by atoms with Crippen LogP contribution in [-0.2, 0) is 9.53 Å². The minimum absolute atomic E-state index is 0.0544. The zero-order valence-corrected chi connectivity index (χ0v) is 12.5. The molecule has 7 heteroatoms. The Morgan fingerprint density at radius 2 is 2.15 bits per heavy atom. The van der Waals surface area contributed by atoms with Gasteiger partial charge in [0.05, 0.1) is 24.1 Å². The van der Waals surface area contributed by atoms with Gasteiger partial charge in [-0.05, 0) is 26.8 Å². The molecule has 0 radical (unpaired) electrons. The van der Waals surface area contributed by atoms with Crippen molar-refractivity contribution in [2.45, 2.75) is 26.8 Å². The van der Waals surface area contributed by atoms with Crippen LogP contribution >= 0.6 is 11.6 Å². The summed E-state index contributed by atoms with van der Waals surface area (Å²) in [5.41, 5.74) is 6.11. The van der Waals surface area contributed by atoms with E-state index in [9.17, 15) is 9.59 Å². The van der Waals surface area contributed by atoms with Gasteiger partial charge in [-0.1, -0.05) is 11.6 Å². The van der Waals surface area contributed by atoms with Gasteiger partial charge in [0.1, 0.15) is 11.7 Å². The molecule has 110 valence electrons. The second-order valence-electron chi connectivity index (χ2n) is 4.44. The first-order valence-corrected chi connectivity index (χ1v) is 6.62. The van der Waals surface area contributed by atoms with Crippen LogP contribution in [0.1, 0.15) is 31.1 Å². The van der Waals surface area contributed by atoms with Crippen LogP contribution in [0, 0.1) is 0 Å². The van der Waals surface area contributed by atoms with E-state index in [4.69, 9.17) is 22.1 Å². The molecule has 1 heterocycles. The Morgan fingerprint density at radius 1 is 1.50 bits per heavy atom. The Morgan fingerprint density at radius 3 is 2.70 bits per heavy atom. The molecule has 0 saturated heterocycles. The number of amides is 1. The van der Waals surface area contributed by atoms with E-state index in [1.165, 1.54) is 17.2 Å². The number of hydrogen-bond acceptors (Lipinski definition) is 5. The monoisotopic (exact) mass is 299 g/mol. The number of anilines is 1. The lowest BCUT2D eigenvalue weighted by Gasteiger charge is -2.26. The first-order valence-electron chi connectivity index (χ1n) is 6.24. The Hall–Kier alpha value is -1.82. The lowest BCUT2D eigenvalue weighted by Crippen LogP contribution is -2.41. The SMILES string of the molecule is CCOC(=O)CN(C(=O)c1cc(N)cnc1Cl)C(C)C. The van der Waals surface area contributed by atoms with E-state index in [1.54, 1.807) is 20.8 Å². The van der Waals surface area contributed by atoms with Gasteiger partial charge in [-0.3, -0.25) is 9.59 Å². The zero-order valence-electron chi connectivity index (χ0n) is 11.7. The van der Waals surface area contributed by atoms with E-state index in [0.717, 1.165) is 0 Å². The molecule has 0 unspecified atom stereocenters. The van der Waals surface area contributed by atoms with Crippen molar-refractivity contribution in [3.63, 3.8) is 0 Å². The predicted molar refractivity (Wildman–Crippen MR) is 76.5 cm³/mol. The number of esters is 1. The van der Waals surface area contributed by atoms with E-state index in [-0.39, 0.29) is 29.9 Å². The molecular formula is C13H18ClN3O3. The van der Waals surface area contributed by atoms with Gasteiger partial charge < -0.3 is 15.4 Å². The molecule has 0 bridgehead atoms. The zero-order chi connectivity index (χ0) is 15.3. The molecule has 1 aromatic heterocycles. The fourth-order valence-corrected chi connectivity index (χ4v) is 1.79. The molecule has 20 heavy (non-hydrogen) atoms. The molecule has 1 rings (SSSR count). The lowest BCUT2D eigenvalue weighted by molar-refractivity contribution is -0.144. The van der Waals surface area contributed by atoms with Gasteiger partial charge in [0, 0.05) is 6.04 Å². The fourth-order valence-electron chi connectivity index (χ4n) is 1.60. The number of nitrogen functional groups attached to an aromatic ring is 1. The van der Waals surface area contributed by atoms with E-state index in [2.05, 4.69) is 4.98 Å². The molecule has 1 amide bonds. The van der Waals surface area contributed by atoms with Gasteiger partial charge in [-0.15, -0.1) is 0 Å². The van der Waals surface area contributed by atoms with E-state index in [0.29, 0.717) is 5.69 Å². The summed E-state index contributed by atoms with van der Waals surface area (Å²) < 4.78 is 4.86. The summed E-state index contributed by atoms with van der Waals surface area (Å²) in [7, 11) is 0. The highest BCUT2D eigenvalue weighted by Crippen LogP contribution is 2.19. The number of ether oxygens (including phenoxy) is 1. The second-order valence-corrected chi connectivity index (χ2v) is 4.80. The van der Waals surface area contributed by atoms with Crippen LogP contribution in [-0.4, -0.2) is 41.0 Å². The molecule has 1 aromatic rings. The maximum absolute atomic E-state index is 12.4. The van der Waals surface area contributed by atoms with Gasteiger partial charge in [-0.25, -0.2) is 4.98 Å². The molecule has 0 atom stereocenters. The summed E-state index contributed by atoms with van der Waals surface area (Å²) in [5.74, 6) is -0.875. The standard InChI is InChI=1S/C13H18ClN3O3/c1-4-20-11(18)7-17(8(2)3)13(19)10-5-9(15)6-16-12(10)14/h5-6,8H,4,7,15H2,1-3H3. The quantitative estimate of drug-likeness (QED) is 0.661. The van der Waals surface area contributed by atoms with Crippen LogP contribution in [0.5, 0.6) is 0 Å². The Balaban J connectivity index is 2.99. The normalized spacial score (nSPS) is 10.4. The lowest BCUT2D eigenvalue weighted by atomic mass is 10.2. The highest BCUT2D eigenvalue weighted by molar-refractivity contribution is 6.32. The van der Waals surface area contributed by atoms with Gasteiger partial charge in [0.2, 0.25) is 0 Å². The maximum atomic E-state index is 12.4. The topological polar surface area (TPSA) is 85.5 Å². The summed E-state index contributed by atoms with van der Waals surface area (Å²) in [6.07, 6.45) is 1.37. The minimum atomic E-state index is -0.470. The molecule has 0 saturated carbocycles. The van der Waals surface area contributed by atoms with Crippen molar-refractivity contribution < 1.29 is 14.3 Å². The average Bonchev–Trinajstić information content (AvgIpc) is 2.38. The second kappa shape index (κ2) is 7.09. The molecule has 6 nitrogen and oxygen atoms in total. The van der Waals surface area contributed by atoms with E-state index < -0.39 is 11.9 Å². The third-order valence-corrected chi connectivity index (χ3v) is 2.88. The van der Waals surface area contributed by atoms with Crippen molar-refractivity contribution in [3.8, 4) is 0 Å². The van der Waals surface area contributed by atoms with Crippen molar-refractivity contribution in [3.05, 3.63) is 23.0 Å². The Kier molecular flexibility index (Phi) is 5.76. The third kappa shape index (κ3) is 4.09. The van der Waals surface area contributed by atoms with Gasteiger partial charge in [0.25, 0.3) is 5.91 Å². The number of carbonyl (C=O) groups excluding carboxylic acids is 2. The number of halogens is 1. The number of nitrogens with zero attached hydrogens (tertiary/aromatic N) is 2. The van der Waals surface area contributed by atoms with Crippen LogP contribution in [0.3, 0.4) is 0 Å². The molecule has 0 spiro atoms. The summed E-state index contributed by atoms with van der Waals surface area (Å²) in [5, 5.41) is 0.0544. The smallest absolute Gasteiger partial charge is 0.325 e. The third-order valence-electron chi connectivity index (χ3n) is 2.58. The predicted octanol–water partition coefficient (Wildman–Crippen LogP) is 1.73. The summed E-state index contributed by atoms with van der Waals surface area (Å²) in [6, 6.07) is 1.25. The summed E-state index contributed by atoms with van der Waals surface area (Å²) in [4.78, 5) is 29.2. The molecule has 0 aliphatic heterocycles. The highest BCUT2D eigenvalue weighted by atomic mass is 35.5. The fraction of sp³-hybridized carbons (Fsp3) is 0.462. The first kappa shape index (κ1) is 16.2. The van der Waals surface area contributed by atoms with Crippen molar-refractivity contribution >= 4 is 29.2 Å². The number of nitrogens with two attached hydrogens (primary N) is 1. The number of aromatic nitrogens is 1. The first-order chi connectivity index (χ1) is 9.36. The van der Waals surface area contributed by atoms with Crippen molar-refractivity contribution in [1.82, 2.24) is 9.88 Å². The van der Waals surface area contributed by atoms with Crippen LogP contribution < -0.4 is 5.73 Å². The van der Waals surface area contributed by atoms with E-state index >= 15 is 0 Å². The van der Waals surface area contributed by atoms with Crippen LogP contribution in [0.4, 0.5) is 5.69 Å². The van der Waals surface area contributed by atoms with Crippen LogP contribution in [0.25, 0.3) is 0 Å².